The second kappa shape index (κ2) is 2.80. The summed E-state index contributed by atoms with van der Waals surface area (Å²) in [6, 6.07) is 8.20. The number of hydrogen-bond acceptors (Lipinski definition) is 2. The summed E-state index contributed by atoms with van der Waals surface area (Å²) in [4.78, 5) is 9.79. The molecule has 0 saturated heterocycles. The summed E-state index contributed by atoms with van der Waals surface area (Å²) in [6.45, 7) is 0. The first-order chi connectivity index (χ1) is 4.84. The normalized spacial score (nSPS) is 8.40. The maximum absolute atomic E-state index is 10.5. The van der Waals surface area contributed by atoms with Gasteiger partial charge >= 0.3 is 6.08 Å². The van der Waals surface area contributed by atoms with Crippen molar-refractivity contribution < 1.29 is 9.53 Å². The molecule has 0 bridgehead atoms. The minimum atomic E-state index is 0.153. The topological polar surface area (TPSA) is 43.1 Å². The fraction of sp³-hybridized carbons (Fsp3) is 0. The Morgan fingerprint density at radius 1 is 1.30 bits per heavy atom. The predicted octanol–water partition coefficient (Wildman–Crippen LogP) is 1.16. The molecule has 10 heavy (non-hydrogen) atoms. The van der Waals surface area contributed by atoms with Crippen molar-refractivity contribution in [2.75, 3.05) is 0 Å². The molecule has 50 valence electrons. The van der Waals surface area contributed by atoms with Gasteiger partial charge in [0, 0.05) is 12.1 Å². The van der Waals surface area contributed by atoms with Crippen molar-refractivity contribution in [2.24, 2.45) is 0 Å². The summed E-state index contributed by atoms with van der Waals surface area (Å²) in [6.07, 6.45) is 1.21. The summed E-state index contributed by atoms with van der Waals surface area (Å²) in [7, 11) is 0. The molecule has 0 spiro atoms. The Kier molecular flexibility index (Phi) is 1.83. The minimum Gasteiger partial charge on any atom is -0.607 e. The SMILES string of the molecule is O=C=[N+]([O-])c1ccccc1. The number of isocyanates is 1. The van der Waals surface area contributed by atoms with Crippen LogP contribution >= 0.6 is 0 Å². The monoisotopic (exact) mass is 135 g/mol. The Hall–Kier alpha value is -1.60. The summed E-state index contributed by atoms with van der Waals surface area (Å²) < 4.78 is 0.153. The average molecular weight is 135 g/mol. The molecule has 0 saturated carbocycles. The van der Waals surface area contributed by atoms with Gasteiger partial charge in [-0.3, -0.25) is 0 Å². The molecule has 0 N–H and O–H groups in total. The van der Waals surface area contributed by atoms with Gasteiger partial charge < -0.3 is 5.21 Å². The van der Waals surface area contributed by atoms with Crippen molar-refractivity contribution in [1.82, 2.24) is 0 Å². The van der Waals surface area contributed by atoms with Crippen LogP contribution in [0.4, 0.5) is 5.69 Å². The van der Waals surface area contributed by atoms with Crippen LogP contribution in [-0.2, 0) is 4.79 Å². The first kappa shape index (κ1) is 6.52. The Bertz CT molecular complexity index is 262. The summed E-state index contributed by atoms with van der Waals surface area (Å²) in [5.41, 5.74) is 0.303. The van der Waals surface area contributed by atoms with Crippen molar-refractivity contribution in [2.45, 2.75) is 0 Å². The van der Waals surface area contributed by atoms with Crippen molar-refractivity contribution in [3.8, 4) is 0 Å². The zero-order chi connectivity index (χ0) is 7.40. The lowest BCUT2D eigenvalue weighted by Gasteiger charge is -1.93. The van der Waals surface area contributed by atoms with Gasteiger partial charge in [-0.05, 0) is 0 Å². The average Bonchev–Trinajstić information content (AvgIpc) is 2.05. The molecule has 1 aromatic rings. The molecule has 0 unspecified atom stereocenters. The molecule has 0 aliphatic carbocycles. The lowest BCUT2D eigenvalue weighted by Crippen LogP contribution is -1.89. The number of carbonyl (C=O) groups excluding carboxylic acids is 1. The lowest BCUT2D eigenvalue weighted by molar-refractivity contribution is -0.357. The highest BCUT2D eigenvalue weighted by Crippen LogP contribution is 2.06. The Balaban J connectivity index is 3.08. The van der Waals surface area contributed by atoms with Gasteiger partial charge in [0.1, 0.15) is 0 Å². The van der Waals surface area contributed by atoms with Crippen LogP contribution in [0, 0.1) is 5.21 Å². The number of benzene rings is 1. The van der Waals surface area contributed by atoms with Crippen LogP contribution in [0.15, 0.2) is 30.3 Å². The third-order valence-corrected chi connectivity index (χ3v) is 1.07. The van der Waals surface area contributed by atoms with E-state index in [0.717, 1.165) is 0 Å². The number of hydrogen-bond donors (Lipinski definition) is 0. The van der Waals surface area contributed by atoms with Gasteiger partial charge in [0.15, 0.2) is 0 Å². The van der Waals surface area contributed by atoms with E-state index in [4.69, 9.17) is 0 Å². The molecule has 0 heterocycles. The van der Waals surface area contributed by atoms with Gasteiger partial charge in [0.2, 0.25) is 5.69 Å². The largest absolute Gasteiger partial charge is 0.607 e. The van der Waals surface area contributed by atoms with Crippen molar-refractivity contribution >= 4 is 11.8 Å². The maximum atomic E-state index is 10.5. The molecular weight excluding hydrogens is 130 g/mol. The van der Waals surface area contributed by atoms with Crippen LogP contribution in [0.2, 0.25) is 0 Å². The van der Waals surface area contributed by atoms with E-state index in [1.807, 2.05) is 0 Å². The molecule has 0 aliphatic rings. The van der Waals surface area contributed by atoms with Gasteiger partial charge in [-0.15, -0.1) is 0 Å². The Labute approximate surface area is 57.8 Å². The van der Waals surface area contributed by atoms with Crippen LogP contribution in [0.1, 0.15) is 0 Å². The van der Waals surface area contributed by atoms with E-state index in [0.29, 0.717) is 5.69 Å². The number of para-hydroxylation sites is 1. The minimum absolute atomic E-state index is 0.153. The van der Waals surface area contributed by atoms with E-state index in [1.54, 1.807) is 18.2 Å². The molecule has 1 rings (SSSR count). The van der Waals surface area contributed by atoms with E-state index < -0.39 is 0 Å². The third kappa shape index (κ3) is 1.21. The van der Waals surface area contributed by atoms with E-state index in [1.165, 1.54) is 18.2 Å². The van der Waals surface area contributed by atoms with Gasteiger partial charge in [-0.1, -0.05) is 22.9 Å². The first-order valence-corrected chi connectivity index (χ1v) is 2.74. The fourth-order valence-corrected chi connectivity index (χ4v) is 0.616. The van der Waals surface area contributed by atoms with Crippen LogP contribution in [-0.4, -0.2) is 10.8 Å². The second-order valence-corrected chi connectivity index (χ2v) is 1.72. The van der Waals surface area contributed by atoms with Gasteiger partial charge in [0.25, 0.3) is 0 Å². The molecular formula is C7H5NO2. The van der Waals surface area contributed by atoms with E-state index >= 15 is 0 Å². The molecule has 0 radical (unpaired) electrons. The number of nitrogens with zero attached hydrogens (tertiary/aromatic N) is 1. The van der Waals surface area contributed by atoms with Crippen molar-refractivity contribution in [1.29, 1.82) is 0 Å². The predicted molar refractivity (Wildman–Crippen MR) is 35.4 cm³/mol. The summed E-state index contributed by atoms with van der Waals surface area (Å²) >= 11 is 0. The Morgan fingerprint density at radius 3 is 2.40 bits per heavy atom. The summed E-state index contributed by atoms with van der Waals surface area (Å²) in [5.74, 6) is 0. The van der Waals surface area contributed by atoms with Crippen LogP contribution < -0.4 is 0 Å². The zero-order valence-corrected chi connectivity index (χ0v) is 5.15. The van der Waals surface area contributed by atoms with E-state index in [9.17, 15) is 10.0 Å². The highest BCUT2D eigenvalue weighted by molar-refractivity contribution is 5.36. The smallest absolute Gasteiger partial charge is 0.443 e. The maximum Gasteiger partial charge on any atom is 0.443 e. The highest BCUT2D eigenvalue weighted by atomic mass is 16.5. The summed E-state index contributed by atoms with van der Waals surface area (Å²) in [5, 5.41) is 10.5. The molecule has 0 atom stereocenters. The van der Waals surface area contributed by atoms with Crippen LogP contribution in [0.3, 0.4) is 0 Å². The molecule has 0 aliphatic heterocycles. The highest BCUT2D eigenvalue weighted by Gasteiger charge is 1.96. The first-order valence-electron chi connectivity index (χ1n) is 2.74. The Morgan fingerprint density at radius 2 is 1.90 bits per heavy atom. The lowest BCUT2D eigenvalue weighted by atomic mass is 10.3. The van der Waals surface area contributed by atoms with Crippen LogP contribution in [0.25, 0.3) is 0 Å². The quantitative estimate of drug-likeness (QED) is 0.191. The van der Waals surface area contributed by atoms with E-state index in [2.05, 4.69) is 0 Å². The molecule has 0 amide bonds. The molecule has 0 aromatic heterocycles. The molecule has 1 aromatic carbocycles. The third-order valence-electron chi connectivity index (χ3n) is 1.07. The van der Waals surface area contributed by atoms with Gasteiger partial charge in [-0.25, -0.2) is 0 Å². The molecule has 3 heteroatoms. The second-order valence-electron chi connectivity index (χ2n) is 1.72. The van der Waals surface area contributed by atoms with Crippen LogP contribution in [0.5, 0.6) is 0 Å². The van der Waals surface area contributed by atoms with E-state index in [-0.39, 0.29) is 4.74 Å². The zero-order valence-electron chi connectivity index (χ0n) is 5.15. The van der Waals surface area contributed by atoms with Crippen molar-refractivity contribution in [3.05, 3.63) is 35.5 Å². The van der Waals surface area contributed by atoms with Crippen molar-refractivity contribution in [3.63, 3.8) is 0 Å². The fourth-order valence-electron chi connectivity index (χ4n) is 0.616. The van der Waals surface area contributed by atoms with Gasteiger partial charge in [0.05, 0.1) is 0 Å². The molecule has 0 fully saturated rings. The standard InChI is InChI=1S/C7H5NO2/c9-6-8(10)7-4-2-1-3-5-7/h1-5H. The molecule has 3 nitrogen and oxygen atoms in total. The number of rotatable bonds is 1. The van der Waals surface area contributed by atoms with Gasteiger partial charge in [-0.2, -0.15) is 4.79 Å².